The van der Waals surface area contributed by atoms with Crippen molar-refractivity contribution in [1.29, 1.82) is 0 Å². The lowest BCUT2D eigenvalue weighted by Gasteiger charge is -2.26. The summed E-state index contributed by atoms with van der Waals surface area (Å²) in [6.07, 6.45) is 0. The molecule has 0 saturated carbocycles. The molecular formula is C13H25NO3S. The Kier molecular flexibility index (Phi) is 8.07. The van der Waals surface area contributed by atoms with E-state index in [1.54, 1.807) is 6.92 Å². The first kappa shape index (κ1) is 17.3. The number of carboxylic acid groups (broad SMARTS) is 1. The van der Waals surface area contributed by atoms with E-state index in [1.165, 1.54) is 11.8 Å². The lowest BCUT2D eigenvalue weighted by atomic mass is 10.1. The lowest BCUT2D eigenvalue weighted by molar-refractivity contribution is -0.136. The van der Waals surface area contributed by atoms with Gasteiger partial charge in [-0.15, -0.1) is 11.8 Å². The highest BCUT2D eigenvalue weighted by Gasteiger charge is 2.19. The van der Waals surface area contributed by atoms with Crippen LogP contribution in [0.25, 0.3) is 0 Å². The number of nitrogens with zero attached hydrogens (tertiary/aromatic N) is 1. The van der Waals surface area contributed by atoms with Crippen LogP contribution in [0.3, 0.4) is 0 Å². The minimum Gasteiger partial charge on any atom is -0.480 e. The van der Waals surface area contributed by atoms with Crippen LogP contribution in [0.2, 0.25) is 0 Å². The van der Waals surface area contributed by atoms with Crippen LogP contribution in [-0.4, -0.2) is 46.0 Å². The van der Waals surface area contributed by atoms with E-state index in [2.05, 4.69) is 27.7 Å². The van der Waals surface area contributed by atoms with Gasteiger partial charge in [0.05, 0.1) is 11.0 Å². The SMILES string of the molecule is CC(C)CN(CC(C)C)C(=O)CSC(C)C(=O)O. The second-order valence-corrected chi connectivity index (χ2v) is 6.71. The number of carboxylic acids is 1. The summed E-state index contributed by atoms with van der Waals surface area (Å²) < 4.78 is 0. The zero-order chi connectivity index (χ0) is 14.3. The van der Waals surface area contributed by atoms with Gasteiger partial charge in [0, 0.05) is 13.1 Å². The van der Waals surface area contributed by atoms with Crippen molar-refractivity contribution < 1.29 is 14.7 Å². The van der Waals surface area contributed by atoms with Crippen molar-refractivity contribution in [3.8, 4) is 0 Å². The van der Waals surface area contributed by atoms with Crippen molar-refractivity contribution in [2.75, 3.05) is 18.8 Å². The van der Waals surface area contributed by atoms with Gasteiger partial charge in [-0.05, 0) is 18.8 Å². The number of hydrogen-bond acceptors (Lipinski definition) is 3. The third kappa shape index (κ3) is 7.58. The maximum atomic E-state index is 12.1. The number of aliphatic carboxylic acids is 1. The van der Waals surface area contributed by atoms with Crippen molar-refractivity contribution in [1.82, 2.24) is 4.90 Å². The van der Waals surface area contributed by atoms with E-state index in [0.29, 0.717) is 11.8 Å². The van der Waals surface area contributed by atoms with Gasteiger partial charge < -0.3 is 10.0 Å². The monoisotopic (exact) mass is 275 g/mol. The number of rotatable bonds is 8. The molecule has 0 aliphatic carbocycles. The van der Waals surface area contributed by atoms with Crippen LogP contribution in [-0.2, 0) is 9.59 Å². The maximum absolute atomic E-state index is 12.1. The molecule has 0 bridgehead atoms. The van der Waals surface area contributed by atoms with E-state index < -0.39 is 11.2 Å². The Bertz CT molecular complexity index is 269. The molecule has 0 saturated heterocycles. The van der Waals surface area contributed by atoms with Crippen LogP contribution >= 0.6 is 11.8 Å². The zero-order valence-electron chi connectivity index (χ0n) is 12.0. The fourth-order valence-electron chi connectivity index (χ4n) is 1.52. The Balaban J connectivity index is 4.32. The zero-order valence-corrected chi connectivity index (χ0v) is 12.8. The number of hydrogen-bond donors (Lipinski definition) is 1. The van der Waals surface area contributed by atoms with Crippen molar-refractivity contribution in [2.45, 2.75) is 39.9 Å². The molecule has 0 rings (SSSR count). The summed E-state index contributed by atoms with van der Waals surface area (Å²) in [6, 6.07) is 0. The Hall–Kier alpha value is -0.710. The van der Waals surface area contributed by atoms with Gasteiger partial charge >= 0.3 is 5.97 Å². The van der Waals surface area contributed by atoms with E-state index >= 15 is 0 Å². The molecule has 1 N–H and O–H groups in total. The fourth-order valence-corrected chi connectivity index (χ4v) is 2.24. The molecule has 5 heteroatoms. The van der Waals surface area contributed by atoms with Crippen LogP contribution in [0.4, 0.5) is 0 Å². The van der Waals surface area contributed by atoms with Crippen molar-refractivity contribution in [2.24, 2.45) is 11.8 Å². The average Bonchev–Trinajstić information content (AvgIpc) is 2.22. The molecule has 0 aromatic carbocycles. The smallest absolute Gasteiger partial charge is 0.316 e. The molecule has 0 aliphatic rings. The summed E-state index contributed by atoms with van der Waals surface area (Å²) in [7, 11) is 0. The van der Waals surface area contributed by atoms with Crippen LogP contribution in [0, 0.1) is 11.8 Å². The van der Waals surface area contributed by atoms with E-state index in [-0.39, 0.29) is 11.7 Å². The largest absolute Gasteiger partial charge is 0.480 e. The summed E-state index contributed by atoms with van der Waals surface area (Å²) in [5, 5.41) is 8.25. The number of carbonyl (C=O) groups excluding carboxylic acids is 1. The highest BCUT2D eigenvalue weighted by Crippen LogP contribution is 2.13. The minimum absolute atomic E-state index is 0.0375. The first-order valence-electron chi connectivity index (χ1n) is 6.36. The molecule has 106 valence electrons. The molecule has 4 nitrogen and oxygen atoms in total. The van der Waals surface area contributed by atoms with Gasteiger partial charge in [-0.1, -0.05) is 27.7 Å². The predicted molar refractivity (Wildman–Crippen MR) is 75.8 cm³/mol. The molecule has 0 heterocycles. The molecule has 0 aromatic rings. The second-order valence-electron chi connectivity index (χ2n) is 5.38. The second kappa shape index (κ2) is 8.40. The molecule has 0 fully saturated rings. The van der Waals surface area contributed by atoms with E-state index in [4.69, 9.17) is 5.11 Å². The Morgan fingerprint density at radius 3 is 1.83 bits per heavy atom. The predicted octanol–water partition coefficient (Wildman–Crippen LogP) is 2.33. The van der Waals surface area contributed by atoms with Gasteiger partial charge in [0.25, 0.3) is 0 Å². The van der Waals surface area contributed by atoms with Gasteiger partial charge in [-0.3, -0.25) is 9.59 Å². The molecular weight excluding hydrogens is 250 g/mol. The Morgan fingerprint density at radius 1 is 1.06 bits per heavy atom. The van der Waals surface area contributed by atoms with Crippen molar-refractivity contribution >= 4 is 23.6 Å². The molecule has 0 radical (unpaired) electrons. The topological polar surface area (TPSA) is 57.6 Å². The van der Waals surface area contributed by atoms with Gasteiger partial charge in [0.2, 0.25) is 5.91 Å². The summed E-state index contributed by atoms with van der Waals surface area (Å²) in [5.74, 6) is 0.263. The number of amides is 1. The first-order valence-corrected chi connectivity index (χ1v) is 7.41. The van der Waals surface area contributed by atoms with E-state index in [1.807, 2.05) is 4.90 Å². The summed E-state index contributed by atoms with van der Waals surface area (Å²) in [4.78, 5) is 24.6. The Morgan fingerprint density at radius 2 is 1.50 bits per heavy atom. The summed E-state index contributed by atoms with van der Waals surface area (Å²) in [6.45, 7) is 11.4. The standard InChI is InChI=1S/C13H25NO3S/c1-9(2)6-14(7-10(3)4)12(15)8-18-11(5)13(16)17/h9-11H,6-8H2,1-5H3,(H,16,17). The molecule has 0 aliphatic heterocycles. The molecule has 1 unspecified atom stereocenters. The number of thioether (sulfide) groups is 1. The molecule has 0 aromatic heterocycles. The average molecular weight is 275 g/mol. The third-order valence-electron chi connectivity index (χ3n) is 2.33. The van der Waals surface area contributed by atoms with E-state index in [9.17, 15) is 9.59 Å². The van der Waals surface area contributed by atoms with Gasteiger partial charge in [0.1, 0.15) is 0 Å². The highest BCUT2D eigenvalue weighted by molar-refractivity contribution is 8.01. The molecule has 1 amide bonds. The van der Waals surface area contributed by atoms with Crippen molar-refractivity contribution in [3.05, 3.63) is 0 Å². The molecule has 1 atom stereocenters. The van der Waals surface area contributed by atoms with Crippen molar-refractivity contribution in [3.63, 3.8) is 0 Å². The number of carbonyl (C=O) groups is 2. The van der Waals surface area contributed by atoms with Gasteiger partial charge in [0.15, 0.2) is 0 Å². The van der Waals surface area contributed by atoms with Crippen LogP contribution in [0.1, 0.15) is 34.6 Å². The third-order valence-corrected chi connectivity index (χ3v) is 3.44. The quantitative estimate of drug-likeness (QED) is 0.738. The van der Waals surface area contributed by atoms with E-state index in [0.717, 1.165) is 13.1 Å². The maximum Gasteiger partial charge on any atom is 0.316 e. The van der Waals surface area contributed by atoms with Gasteiger partial charge in [-0.25, -0.2) is 0 Å². The molecule has 18 heavy (non-hydrogen) atoms. The van der Waals surface area contributed by atoms with Crippen LogP contribution < -0.4 is 0 Å². The lowest BCUT2D eigenvalue weighted by Crippen LogP contribution is -2.38. The Labute approximate surface area is 114 Å². The minimum atomic E-state index is -0.868. The van der Waals surface area contributed by atoms with Crippen LogP contribution in [0.15, 0.2) is 0 Å². The molecule has 0 spiro atoms. The fraction of sp³-hybridized carbons (Fsp3) is 0.846. The first-order chi connectivity index (χ1) is 8.23. The highest BCUT2D eigenvalue weighted by atomic mass is 32.2. The van der Waals surface area contributed by atoms with Crippen LogP contribution in [0.5, 0.6) is 0 Å². The normalized spacial score (nSPS) is 12.8. The van der Waals surface area contributed by atoms with Gasteiger partial charge in [-0.2, -0.15) is 0 Å². The summed E-state index contributed by atoms with van der Waals surface area (Å²) >= 11 is 1.18. The summed E-state index contributed by atoms with van der Waals surface area (Å²) in [5.41, 5.74) is 0.